The smallest absolute Gasteiger partial charge is 0.328 e. The third-order valence-electron chi connectivity index (χ3n) is 2.15. The van der Waals surface area contributed by atoms with E-state index in [0.717, 1.165) is 4.47 Å². The minimum Gasteiger partial charge on any atom is -0.484 e. The summed E-state index contributed by atoms with van der Waals surface area (Å²) in [5.41, 5.74) is 0. The fourth-order valence-electron chi connectivity index (χ4n) is 1.26. The lowest BCUT2D eigenvalue weighted by Crippen LogP contribution is -2.45. The zero-order valence-electron chi connectivity index (χ0n) is 10.3. The summed E-state index contributed by atoms with van der Waals surface area (Å²) in [7, 11) is 1.36. The first-order valence-electron chi connectivity index (χ1n) is 5.42. The van der Waals surface area contributed by atoms with E-state index in [-0.39, 0.29) is 13.2 Å². The van der Waals surface area contributed by atoms with Gasteiger partial charge in [0, 0.05) is 11.6 Å². The summed E-state index contributed by atoms with van der Waals surface area (Å²) in [5.74, 6) is -1.15. The lowest BCUT2D eigenvalue weighted by molar-refractivity contribution is -0.143. The van der Waals surface area contributed by atoms with Gasteiger partial charge in [-0.2, -0.15) is 0 Å². The van der Waals surface area contributed by atoms with Gasteiger partial charge in [0.25, 0.3) is 5.91 Å². The number of carbonyl (C=O) groups excluding carboxylic acids is 1. The first-order chi connectivity index (χ1) is 9.02. The van der Waals surface area contributed by atoms with Crippen molar-refractivity contribution in [3.05, 3.63) is 28.7 Å². The van der Waals surface area contributed by atoms with Crippen LogP contribution in [0.5, 0.6) is 5.75 Å². The van der Waals surface area contributed by atoms with Gasteiger partial charge in [-0.05, 0) is 24.3 Å². The summed E-state index contributed by atoms with van der Waals surface area (Å²) in [6, 6.07) is 5.87. The first-order valence-corrected chi connectivity index (χ1v) is 6.21. The Hall–Kier alpha value is -1.60. The Morgan fingerprint density at radius 1 is 1.37 bits per heavy atom. The molecule has 0 bridgehead atoms. The van der Waals surface area contributed by atoms with Crippen molar-refractivity contribution in [2.75, 3.05) is 20.3 Å². The van der Waals surface area contributed by atoms with Crippen molar-refractivity contribution in [1.29, 1.82) is 0 Å². The molecule has 0 spiro atoms. The predicted molar refractivity (Wildman–Crippen MR) is 71.1 cm³/mol. The van der Waals surface area contributed by atoms with Crippen molar-refractivity contribution in [2.45, 2.75) is 6.04 Å². The van der Waals surface area contributed by atoms with Crippen molar-refractivity contribution in [3.8, 4) is 5.75 Å². The molecule has 6 nitrogen and oxygen atoms in total. The van der Waals surface area contributed by atoms with E-state index in [4.69, 9.17) is 14.6 Å². The van der Waals surface area contributed by atoms with Gasteiger partial charge in [-0.3, -0.25) is 4.79 Å². The van der Waals surface area contributed by atoms with Gasteiger partial charge in [-0.25, -0.2) is 4.79 Å². The number of hydrogen-bond donors (Lipinski definition) is 2. The van der Waals surface area contributed by atoms with Crippen LogP contribution >= 0.6 is 15.9 Å². The van der Waals surface area contributed by atoms with E-state index in [0.29, 0.717) is 5.75 Å². The second kappa shape index (κ2) is 7.75. The number of aliphatic carboxylic acids is 1. The molecule has 7 heteroatoms. The maximum Gasteiger partial charge on any atom is 0.328 e. The molecule has 19 heavy (non-hydrogen) atoms. The number of carboxylic acids is 1. The standard InChI is InChI=1S/C12H14BrNO5/c1-18-6-10(12(16)17)14-11(15)7-19-9-4-2-8(13)3-5-9/h2-5,10H,6-7H2,1H3,(H,14,15)(H,16,17). The van der Waals surface area contributed by atoms with Crippen LogP contribution in [-0.2, 0) is 14.3 Å². The summed E-state index contributed by atoms with van der Waals surface area (Å²) in [6.07, 6.45) is 0. The Morgan fingerprint density at radius 2 is 2.00 bits per heavy atom. The number of benzene rings is 1. The van der Waals surface area contributed by atoms with Crippen molar-refractivity contribution in [2.24, 2.45) is 0 Å². The molecule has 1 unspecified atom stereocenters. The molecule has 0 aliphatic carbocycles. The van der Waals surface area contributed by atoms with Crippen LogP contribution < -0.4 is 10.1 Å². The molecule has 1 rings (SSSR count). The van der Waals surface area contributed by atoms with E-state index in [2.05, 4.69) is 21.2 Å². The number of carbonyl (C=O) groups is 2. The Morgan fingerprint density at radius 3 is 2.53 bits per heavy atom. The second-order valence-corrected chi connectivity index (χ2v) is 4.57. The highest BCUT2D eigenvalue weighted by molar-refractivity contribution is 9.10. The van der Waals surface area contributed by atoms with Crippen LogP contribution in [0.25, 0.3) is 0 Å². The highest BCUT2D eigenvalue weighted by atomic mass is 79.9. The zero-order valence-corrected chi connectivity index (χ0v) is 11.8. The molecule has 0 aliphatic rings. The molecule has 0 saturated carbocycles. The monoisotopic (exact) mass is 331 g/mol. The van der Waals surface area contributed by atoms with E-state index in [1.165, 1.54) is 7.11 Å². The van der Waals surface area contributed by atoms with Crippen LogP contribution in [0.4, 0.5) is 0 Å². The first kappa shape index (κ1) is 15.5. The fourth-order valence-corrected chi connectivity index (χ4v) is 1.52. The number of methoxy groups -OCH3 is 1. The van der Waals surface area contributed by atoms with Crippen LogP contribution in [0, 0.1) is 0 Å². The summed E-state index contributed by atoms with van der Waals surface area (Å²) >= 11 is 3.28. The molecule has 0 heterocycles. The van der Waals surface area contributed by atoms with E-state index in [9.17, 15) is 9.59 Å². The summed E-state index contributed by atoms with van der Waals surface area (Å²) in [4.78, 5) is 22.3. The molecule has 0 saturated heterocycles. The van der Waals surface area contributed by atoms with Crippen molar-refractivity contribution < 1.29 is 24.2 Å². The van der Waals surface area contributed by atoms with Crippen LogP contribution in [0.2, 0.25) is 0 Å². The lowest BCUT2D eigenvalue weighted by atomic mass is 10.3. The van der Waals surface area contributed by atoms with Crippen LogP contribution in [0.3, 0.4) is 0 Å². The Labute approximate surface area is 118 Å². The van der Waals surface area contributed by atoms with Gasteiger partial charge in [0.1, 0.15) is 5.75 Å². The number of hydrogen-bond acceptors (Lipinski definition) is 4. The normalized spacial score (nSPS) is 11.7. The van der Waals surface area contributed by atoms with Crippen molar-refractivity contribution in [1.82, 2.24) is 5.32 Å². The molecule has 0 radical (unpaired) electrons. The number of ether oxygens (including phenoxy) is 2. The summed E-state index contributed by atoms with van der Waals surface area (Å²) in [6.45, 7) is -0.353. The van der Waals surface area contributed by atoms with Gasteiger partial charge in [-0.15, -0.1) is 0 Å². The van der Waals surface area contributed by atoms with Gasteiger partial charge < -0.3 is 19.9 Å². The highest BCUT2D eigenvalue weighted by Gasteiger charge is 2.19. The average Bonchev–Trinajstić information content (AvgIpc) is 2.37. The highest BCUT2D eigenvalue weighted by Crippen LogP contribution is 2.15. The number of rotatable bonds is 7. The van der Waals surface area contributed by atoms with Gasteiger partial charge >= 0.3 is 5.97 Å². The van der Waals surface area contributed by atoms with E-state index in [1.807, 2.05) is 0 Å². The Balaban J connectivity index is 2.42. The summed E-state index contributed by atoms with van der Waals surface area (Å²) in [5, 5.41) is 11.1. The number of amides is 1. The minimum atomic E-state index is -1.15. The molecular weight excluding hydrogens is 318 g/mol. The number of carboxylic acid groups (broad SMARTS) is 1. The minimum absolute atomic E-state index is 0.0979. The van der Waals surface area contributed by atoms with E-state index < -0.39 is 17.9 Å². The quantitative estimate of drug-likeness (QED) is 0.779. The molecule has 2 N–H and O–H groups in total. The summed E-state index contributed by atoms with van der Waals surface area (Å²) < 4.78 is 10.8. The second-order valence-electron chi connectivity index (χ2n) is 3.66. The molecular formula is C12H14BrNO5. The van der Waals surface area contributed by atoms with Crippen LogP contribution in [0.15, 0.2) is 28.7 Å². The van der Waals surface area contributed by atoms with E-state index >= 15 is 0 Å². The maximum absolute atomic E-state index is 11.5. The molecule has 1 atom stereocenters. The van der Waals surface area contributed by atoms with Gasteiger partial charge in [0.15, 0.2) is 12.6 Å². The average molecular weight is 332 g/mol. The fraction of sp³-hybridized carbons (Fsp3) is 0.333. The SMILES string of the molecule is COCC(NC(=O)COc1ccc(Br)cc1)C(=O)O. The van der Waals surface area contributed by atoms with Gasteiger partial charge in [0.05, 0.1) is 6.61 Å². The molecule has 0 aliphatic heterocycles. The zero-order chi connectivity index (χ0) is 14.3. The van der Waals surface area contributed by atoms with Gasteiger partial charge in [-0.1, -0.05) is 15.9 Å². The van der Waals surface area contributed by atoms with Crippen molar-refractivity contribution >= 4 is 27.8 Å². The maximum atomic E-state index is 11.5. The Bertz CT molecular complexity index is 434. The lowest BCUT2D eigenvalue weighted by Gasteiger charge is -2.13. The topological polar surface area (TPSA) is 84.9 Å². The third kappa shape index (κ3) is 5.71. The molecule has 0 fully saturated rings. The van der Waals surface area contributed by atoms with Crippen molar-refractivity contribution in [3.63, 3.8) is 0 Å². The molecule has 1 aromatic rings. The van der Waals surface area contributed by atoms with Crippen LogP contribution in [-0.4, -0.2) is 43.3 Å². The number of nitrogens with one attached hydrogen (secondary N) is 1. The van der Waals surface area contributed by atoms with E-state index in [1.54, 1.807) is 24.3 Å². The predicted octanol–water partition coefficient (Wildman–Crippen LogP) is 1.04. The Kier molecular flexibility index (Phi) is 6.31. The molecule has 0 aromatic heterocycles. The number of halogens is 1. The van der Waals surface area contributed by atoms with Gasteiger partial charge in [0.2, 0.25) is 0 Å². The largest absolute Gasteiger partial charge is 0.484 e. The van der Waals surface area contributed by atoms with Crippen LogP contribution in [0.1, 0.15) is 0 Å². The third-order valence-corrected chi connectivity index (χ3v) is 2.68. The molecule has 1 aromatic carbocycles. The molecule has 1 amide bonds. The molecule has 104 valence electrons.